The Kier molecular flexibility index (Phi) is 10.3. The summed E-state index contributed by atoms with van der Waals surface area (Å²) in [4.78, 5) is 31.6. The van der Waals surface area contributed by atoms with Crippen LogP contribution in [-0.2, 0) is 22.5 Å². The van der Waals surface area contributed by atoms with Gasteiger partial charge in [0.15, 0.2) is 5.01 Å². The molecule has 1 unspecified atom stereocenters. The maximum atomic E-state index is 13.3. The zero-order chi connectivity index (χ0) is 28.6. The summed E-state index contributed by atoms with van der Waals surface area (Å²) in [5.74, 6) is 0.176. The van der Waals surface area contributed by atoms with E-state index in [0.29, 0.717) is 30.1 Å². The van der Waals surface area contributed by atoms with Gasteiger partial charge in [0.2, 0.25) is 5.91 Å². The number of ether oxygens (including phenoxy) is 1. The lowest BCUT2D eigenvalue weighted by Gasteiger charge is -2.34. The number of nitrogens with zero attached hydrogens (tertiary/aromatic N) is 3. The van der Waals surface area contributed by atoms with E-state index in [4.69, 9.17) is 10.5 Å². The molecule has 214 valence electrons. The summed E-state index contributed by atoms with van der Waals surface area (Å²) < 4.78 is 7.71. The number of hydrogen-bond donors (Lipinski definition) is 2. The zero-order valence-corrected chi connectivity index (χ0v) is 24.6. The second-order valence-corrected chi connectivity index (χ2v) is 11.4. The van der Waals surface area contributed by atoms with Gasteiger partial charge in [-0.1, -0.05) is 24.8 Å². The van der Waals surface area contributed by atoms with E-state index in [2.05, 4.69) is 35.3 Å². The Labute approximate surface area is 241 Å². The molecular formula is C31H41N5O3S. The summed E-state index contributed by atoms with van der Waals surface area (Å²) in [6.07, 6.45) is 7.44. The van der Waals surface area contributed by atoms with Crippen molar-refractivity contribution in [3.8, 4) is 0 Å². The minimum atomic E-state index is -0.280. The number of hydrogen-bond acceptors (Lipinski definition) is 6. The molecule has 0 bridgehead atoms. The van der Waals surface area contributed by atoms with Gasteiger partial charge in [0.05, 0.1) is 0 Å². The molecule has 2 aromatic heterocycles. The summed E-state index contributed by atoms with van der Waals surface area (Å²) in [5, 5.41) is 5.05. The molecular weight excluding hydrogens is 522 g/mol. The van der Waals surface area contributed by atoms with Crippen molar-refractivity contribution < 1.29 is 14.3 Å². The summed E-state index contributed by atoms with van der Waals surface area (Å²) in [7, 11) is 1.74. The first-order valence-electron chi connectivity index (χ1n) is 14.0. The fourth-order valence-corrected chi connectivity index (χ4v) is 6.35. The minimum Gasteiger partial charge on any atom is -0.385 e. The van der Waals surface area contributed by atoms with Crippen molar-refractivity contribution in [1.29, 1.82) is 0 Å². The third-order valence-electron chi connectivity index (χ3n) is 7.74. The molecule has 1 aromatic carbocycles. The number of carbonyl (C=O) groups excluding carboxylic acids is 2. The van der Waals surface area contributed by atoms with Crippen molar-refractivity contribution in [3.05, 3.63) is 75.5 Å². The molecule has 1 aliphatic rings. The SMILES string of the molecule is C=Cc1c(C)c(C2CCCN(C(=O)C[C@H](N)Cc3ccc(NC(=O)c4nccs4)cc3)C2)n(CCCOC)c1C. The molecule has 0 spiro atoms. The van der Waals surface area contributed by atoms with Gasteiger partial charge in [0, 0.05) is 80.4 Å². The van der Waals surface area contributed by atoms with Crippen LogP contribution in [0.3, 0.4) is 0 Å². The highest BCUT2D eigenvalue weighted by Gasteiger charge is 2.30. The molecule has 40 heavy (non-hydrogen) atoms. The topological polar surface area (TPSA) is 102 Å². The molecule has 2 atom stereocenters. The van der Waals surface area contributed by atoms with Gasteiger partial charge in [-0.2, -0.15) is 0 Å². The molecule has 1 aliphatic heterocycles. The molecule has 3 heterocycles. The number of nitrogens with two attached hydrogens (primary N) is 1. The first-order chi connectivity index (χ1) is 19.3. The van der Waals surface area contributed by atoms with Gasteiger partial charge in [0.25, 0.3) is 5.91 Å². The fraction of sp³-hybridized carbons (Fsp3) is 0.452. The number of aromatic nitrogens is 2. The van der Waals surface area contributed by atoms with Crippen LogP contribution in [0.2, 0.25) is 0 Å². The summed E-state index contributed by atoms with van der Waals surface area (Å²) in [5.41, 5.74) is 13.2. The fourth-order valence-electron chi connectivity index (χ4n) is 5.82. The molecule has 0 aliphatic carbocycles. The number of piperidine rings is 1. The van der Waals surface area contributed by atoms with Gasteiger partial charge in [-0.3, -0.25) is 9.59 Å². The van der Waals surface area contributed by atoms with Crippen LogP contribution in [0.4, 0.5) is 5.69 Å². The van der Waals surface area contributed by atoms with E-state index in [0.717, 1.165) is 44.5 Å². The molecule has 1 saturated heterocycles. The standard InChI is InChI=1S/C31H41N5O3S/c1-5-27-21(2)29(36(22(27)3)15-7-16-39-4)24-8-6-14-35(20-24)28(37)19-25(32)18-23-9-11-26(12-10-23)34-30(38)31-33-13-17-40-31/h5,9-13,17,24-25H,1,6-8,14-16,18-20,32H2,2-4H3,(H,34,38)/t24?,25-/m1/s1. The minimum absolute atomic E-state index is 0.111. The highest BCUT2D eigenvalue weighted by Crippen LogP contribution is 2.35. The number of nitrogens with one attached hydrogen (secondary N) is 1. The van der Waals surface area contributed by atoms with E-state index >= 15 is 0 Å². The molecule has 1 fully saturated rings. The van der Waals surface area contributed by atoms with Crippen LogP contribution in [0.25, 0.3) is 6.08 Å². The lowest BCUT2D eigenvalue weighted by atomic mass is 9.91. The normalized spacial score (nSPS) is 16.1. The quantitative estimate of drug-likeness (QED) is 0.297. The molecule has 4 rings (SSSR count). The average Bonchev–Trinajstić information content (AvgIpc) is 3.57. The van der Waals surface area contributed by atoms with Gasteiger partial charge in [-0.25, -0.2) is 4.98 Å². The number of amides is 2. The molecule has 0 saturated carbocycles. The molecule has 8 nitrogen and oxygen atoms in total. The molecule has 3 aromatic rings. The Morgan fingerprint density at radius 3 is 2.75 bits per heavy atom. The van der Waals surface area contributed by atoms with E-state index in [1.165, 1.54) is 33.9 Å². The van der Waals surface area contributed by atoms with Crippen molar-refractivity contribution in [3.63, 3.8) is 0 Å². The van der Waals surface area contributed by atoms with Gasteiger partial charge in [0.1, 0.15) is 0 Å². The lowest BCUT2D eigenvalue weighted by Crippen LogP contribution is -2.42. The largest absolute Gasteiger partial charge is 0.385 e. The number of methoxy groups -OCH3 is 1. The molecule has 9 heteroatoms. The van der Waals surface area contributed by atoms with Crippen LogP contribution in [0.15, 0.2) is 42.4 Å². The van der Waals surface area contributed by atoms with Crippen molar-refractivity contribution in [2.45, 2.75) is 64.5 Å². The van der Waals surface area contributed by atoms with Gasteiger partial charge in [-0.15, -0.1) is 11.3 Å². The second kappa shape index (κ2) is 13.9. The second-order valence-electron chi connectivity index (χ2n) is 10.5. The molecule has 3 N–H and O–H groups in total. The highest BCUT2D eigenvalue weighted by atomic mass is 32.1. The number of thiazole rings is 1. The zero-order valence-electron chi connectivity index (χ0n) is 23.8. The number of rotatable bonds is 12. The van der Waals surface area contributed by atoms with Crippen molar-refractivity contribution in [1.82, 2.24) is 14.5 Å². The van der Waals surface area contributed by atoms with E-state index in [-0.39, 0.29) is 23.8 Å². The number of benzene rings is 1. The van der Waals surface area contributed by atoms with Gasteiger partial charge < -0.3 is 25.3 Å². The number of likely N-dealkylation sites (tertiary alicyclic amines) is 1. The van der Waals surface area contributed by atoms with E-state index in [1.54, 1.807) is 18.7 Å². The van der Waals surface area contributed by atoms with E-state index < -0.39 is 0 Å². The summed E-state index contributed by atoms with van der Waals surface area (Å²) in [6, 6.07) is 7.32. The predicted octanol–water partition coefficient (Wildman–Crippen LogP) is 5.16. The Morgan fingerprint density at radius 2 is 2.08 bits per heavy atom. The van der Waals surface area contributed by atoms with E-state index in [1.807, 2.05) is 35.2 Å². The first-order valence-corrected chi connectivity index (χ1v) is 14.8. The van der Waals surface area contributed by atoms with E-state index in [9.17, 15) is 9.59 Å². The maximum Gasteiger partial charge on any atom is 0.284 e. The Bertz CT molecular complexity index is 1300. The molecule has 0 radical (unpaired) electrons. The first kappa shape index (κ1) is 29.7. The van der Waals surface area contributed by atoms with Crippen molar-refractivity contribution in [2.75, 3.05) is 32.1 Å². The van der Waals surface area contributed by atoms with Crippen LogP contribution in [0, 0.1) is 13.8 Å². The van der Waals surface area contributed by atoms with Crippen molar-refractivity contribution >= 4 is 34.9 Å². The Hall–Kier alpha value is -3.27. The number of anilines is 1. The van der Waals surface area contributed by atoms with Crippen LogP contribution in [-0.4, -0.2) is 59.1 Å². The maximum absolute atomic E-state index is 13.3. The Balaban J connectivity index is 1.35. The summed E-state index contributed by atoms with van der Waals surface area (Å²) >= 11 is 1.30. The van der Waals surface area contributed by atoms with Crippen LogP contribution < -0.4 is 11.1 Å². The van der Waals surface area contributed by atoms with Gasteiger partial charge in [-0.05, 0) is 68.4 Å². The van der Waals surface area contributed by atoms with Crippen molar-refractivity contribution in [2.24, 2.45) is 5.73 Å². The smallest absolute Gasteiger partial charge is 0.284 e. The third-order valence-corrected chi connectivity index (χ3v) is 8.51. The van der Waals surface area contributed by atoms with Gasteiger partial charge >= 0.3 is 0 Å². The lowest BCUT2D eigenvalue weighted by molar-refractivity contribution is -0.132. The molecule has 2 amide bonds. The monoisotopic (exact) mass is 563 g/mol. The van der Waals surface area contributed by atoms with Crippen LogP contribution in [0.1, 0.15) is 69.5 Å². The third kappa shape index (κ3) is 7.08. The summed E-state index contributed by atoms with van der Waals surface area (Å²) in [6.45, 7) is 11.5. The highest BCUT2D eigenvalue weighted by molar-refractivity contribution is 7.11. The average molecular weight is 564 g/mol. The number of carbonyl (C=O) groups is 2. The Morgan fingerprint density at radius 1 is 1.30 bits per heavy atom. The predicted molar refractivity (Wildman–Crippen MR) is 162 cm³/mol. The van der Waals surface area contributed by atoms with Crippen LogP contribution in [0.5, 0.6) is 0 Å². The van der Waals surface area contributed by atoms with Crippen LogP contribution >= 0.6 is 11.3 Å².